The number of allylic oxidation sites excluding steroid dienone is 5. The number of rotatable bonds is 0. The van der Waals surface area contributed by atoms with Crippen LogP contribution in [0.5, 0.6) is 0 Å². The van der Waals surface area contributed by atoms with Crippen LogP contribution in [0.2, 0.25) is 0 Å². The van der Waals surface area contributed by atoms with E-state index in [-0.39, 0.29) is 0 Å². The van der Waals surface area contributed by atoms with Crippen LogP contribution in [-0.2, 0) is 0 Å². The second-order valence-electron chi connectivity index (χ2n) is 4.62. The van der Waals surface area contributed by atoms with Crippen molar-refractivity contribution in [3.63, 3.8) is 0 Å². The predicted octanol–water partition coefficient (Wildman–Crippen LogP) is 6.95. The molecule has 3 rings (SSSR count). The van der Waals surface area contributed by atoms with Crippen LogP contribution in [0.15, 0.2) is 68.9 Å². The first-order chi connectivity index (χ1) is 10.7. The lowest BCUT2D eigenvalue weighted by Gasteiger charge is -2.04. The topological polar surface area (TPSA) is 12.4 Å². The summed E-state index contributed by atoms with van der Waals surface area (Å²) >= 11 is 1.81. The molecule has 118 valence electrons. The van der Waals surface area contributed by atoms with Crippen molar-refractivity contribution in [2.45, 2.75) is 46.4 Å². The molecule has 0 aromatic heterocycles. The minimum absolute atomic E-state index is 0.487. The lowest BCUT2D eigenvalue weighted by molar-refractivity contribution is 0.942. The maximum absolute atomic E-state index is 4.74. The molecule has 1 aromatic carbocycles. The summed E-state index contributed by atoms with van der Waals surface area (Å²) in [5.74, 6) is 0.487. The zero-order valence-electron chi connectivity index (χ0n) is 14.6. The molecular formula is C20H27NS. The van der Waals surface area contributed by atoms with E-state index in [9.17, 15) is 0 Å². The minimum atomic E-state index is 0.487. The summed E-state index contributed by atoms with van der Waals surface area (Å²) in [7, 11) is 0. The summed E-state index contributed by atoms with van der Waals surface area (Å²) in [5.41, 5.74) is 3.41. The second-order valence-corrected chi connectivity index (χ2v) is 5.71. The third-order valence-corrected chi connectivity index (χ3v) is 4.29. The van der Waals surface area contributed by atoms with Gasteiger partial charge < -0.3 is 0 Å². The maximum atomic E-state index is 4.74. The summed E-state index contributed by atoms with van der Waals surface area (Å²) in [6.45, 7) is 12.3. The Morgan fingerprint density at radius 2 is 1.59 bits per heavy atom. The number of benzene rings is 1. The van der Waals surface area contributed by atoms with Gasteiger partial charge in [-0.1, -0.05) is 82.8 Å². The second kappa shape index (κ2) is 9.47. The summed E-state index contributed by atoms with van der Waals surface area (Å²) in [5, 5.41) is 0. The molecule has 22 heavy (non-hydrogen) atoms. The standard InChI is InChI=1S/C16H15NS.2C2H6/c1-11-7-9-13-12(2)17-14-5-3-4-6-16(14)18-15(13)10-8-11;2*1-2/h3-11H,1-2H3;2*1-2H3. The van der Waals surface area contributed by atoms with Crippen molar-refractivity contribution in [2.75, 3.05) is 0 Å². The molecule has 0 saturated carbocycles. The number of aliphatic imine (C=N–C) groups is 1. The maximum Gasteiger partial charge on any atom is 0.0772 e. The fourth-order valence-corrected chi connectivity index (χ4v) is 3.18. The van der Waals surface area contributed by atoms with Crippen molar-refractivity contribution in [1.82, 2.24) is 0 Å². The fraction of sp³-hybridized carbons (Fsp3) is 0.350. The van der Waals surface area contributed by atoms with Gasteiger partial charge in [0.2, 0.25) is 0 Å². The Morgan fingerprint density at radius 3 is 2.32 bits per heavy atom. The number of hydrogen-bond acceptors (Lipinski definition) is 2. The molecule has 0 amide bonds. The Morgan fingerprint density at radius 1 is 0.955 bits per heavy atom. The summed E-state index contributed by atoms with van der Waals surface area (Å²) in [6.07, 6.45) is 8.91. The van der Waals surface area contributed by atoms with E-state index < -0.39 is 0 Å². The fourth-order valence-electron chi connectivity index (χ4n) is 2.11. The van der Waals surface area contributed by atoms with E-state index in [1.165, 1.54) is 15.4 Å². The van der Waals surface area contributed by atoms with Gasteiger partial charge in [-0.3, -0.25) is 4.99 Å². The average Bonchev–Trinajstić information content (AvgIpc) is 2.82. The molecule has 0 spiro atoms. The summed E-state index contributed by atoms with van der Waals surface area (Å²) in [4.78, 5) is 7.27. The van der Waals surface area contributed by atoms with Crippen LogP contribution in [0.3, 0.4) is 0 Å². The molecule has 1 unspecified atom stereocenters. The number of thioether (sulfide) groups is 1. The van der Waals surface area contributed by atoms with Gasteiger partial charge in [0, 0.05) is 21.1 Å². The third-order valence-electron chi connectivity index (χ3n) is 3.15. The zero-order valence-corrected chi connectivity index (χ0v) is 15.4. The van der Waals surface area contributed by atoms with Gasteiger partial charge in [0.05, 0.1) is 5.69 Å². The highest BCUT2D eigenvalue weighted by Crippen LogP contribution is 2.40. The van der Waals surface area contributed by atoms with Crippen LogP contribution in [0.25, 0.3) is 0 Å². The zero-order chi connectivity index (χ0) is 16.5. The van der Waals surface area contributed by atoms with Gasteiger partial charge in [-0.05, 0) is 25.0 Å². The molecule has 0 fully saturated rings. The lowest BCUT2D eigenvalue weighted by Crippen LogP contribution is -1.95. The smallest absolute Gasteiger partial charge is 0.0772 e. The van der Waals surface area contributed by atoms with Gasteiger partial charge in [-0.25, -0.2) is 0 Å². The molecule has 2 aliphatic rings. The number of para-hydroxylation sites is 1. The van der Waals surface area contributed by atoms with Crippen LogP contribution in [0.1, 0.15) is 41.5 Å². The van der Waals surface area contributed by atoms with E-state index >= 15 is 0 Å². The van der Waals surface area contributed by atoms with Crippen LogP contribution in [0, 0.1) is 5.92 Å². The van der Waals surface area contributed by atoms with Crippen molar-refractivity contribution in [3.8, 4) is 0 Å². The highest BCUT2D eigenvalue weighted by molar-refractivity contribution is 8.03. The highest BCUT2D eigenvalue weighted by atomic mass is 32.2. The molecule has 0 N–H and O–H groups in total. The third kappa shape index (κ3) is 4.48. The molecule has 1 aromatic rings. The average molecular weight is 314 g/mol. The summed E-state index contributed by atoms with van der Waals surface area (Å²) < 4.78 is 0. The molecule has 0 radical (unpaired) electrons. The number of fused-ring (bicyclic) bond motifs is 1. The molecule has 1 aliphatic heterocycles. The molecule has 1 atom stereocenters. The van der Waals surface area contributed by atoms with E-state index in [2.05, 4.69) is 56.4 Å². The number of nitrogens with zero attached hydrogens (tertiary/aromatic N) is 1. The predicted molar refractivity (Wildman–Crippen MR) is 102 cm³/mol. The lowest BCUT2D eigenvalue weighted by atomic mass is 10.1. The van der Waals surface area contributed by atoms with Crippen molar-refractivity contribution in [3.05, 3.63) is 59.0 Å². The van der Waals surface area contributed by atoms with E-state index in [0.717, 1.165) is 11.4 Å². The highest BCUT2D eigenvalue weighted by Gasteiger charge is 2.15. The first-order valence-electron chi connectivity index (χ1n) is 8.17. The van der Waals surface area contributed by atoms with Gasteiger partial charge in [0.15, 0.2) is 0 Å². The molecule has 0 saturated heterocycles. The van der Waals surface area contributed by atoms with Crippen molar-refractivity contribution in [1.29, 1.82) is 0 Å². The Kier molecular flexibility index (Phi) is 7.97. The Labute approximate surface area is 139 Å². The van der Waals surface area contributed by atoms with Gasteiger partial charge in [-0.2, -0.15) is 0 Å². The van der Waals surface area contributed by atoms with E-state index in [1.807, 2.05) is 45.5 Å². The van der Waals surface area contributed by atoms with Crippen molar-refractivity contribution < 1.29 is 0 Å². The Hall–Kier alpha value is -1.54. The molecular weight excluding hydrogens is 286 g/mol. The van der Waals surface area contributed by atoms with Crippen molar-refractivity contribution >= 4 is 23.2 Å². The van der Waals surface area contributed by atoms with Crippen LogP contribution in [-0.4, -0.2) is 5.71 Å². The molecule has 0 bridgehead atoms. The van der Waals surface area contributed by atoms with Gasteiger partial charge in [-0.15, -0.1) is 0 Å². The first-order valence-corrected chi connectivity index (χ1v) is 8.99. The SMILES string of the molecule is CC.CC.CC1=Nc2ccccc2SC2=C1C=CC(C)C=C2. The van der Waals surface area contributed by atoms with E-state index in [0.29, 0.717) is 5.92 Å². The summed E-state index contributed by atoms with van der Waals surface area (Å²) in [6, 6.07) is 8.33. The normalized spacial score (nSPS) is 18.5. The van der Waals surface area contributed by atoms with Crippen LogP contribution >= 0.6 is 11.8 Å². The molecule has 1 aliphatic carbocycles. The number of hydrogen-bond donors (Lipinski definition) is 0. The Bertz CT molecular complexity index is 606. The first kappa shape index (κ1) is 18.5. The Balaban J connectivity index is 0.000000561. The van der Waals surface area contributed by atoms with Crippen molar-refractivity contribution in [2.24, 2.45) is 10.9 Å². The van der Waals surface area contributed by atoms with Gasteiger partial charge >= 0.3 is 0 Å². The van der Waals surface area contributed by atoms with Gasteiger partial charge in [0.1, 0.15) is 0 Å². The van der Waals surface area contributed by atoms with Crippen LogP contribution < -0.4 is 0 Å². The largest absolute Gasteiger partial charge is 0.252 e. The monoisotopic (exact) mass is 313 g/mol. The minimum Gasteiger partial charge on any atom is -0.252 e. The van der Waals surface area contributed by atoms with E-state index in [4.69, 9.17) is 4.99 Å². The quantitative estimate of drug-likeness (QED) is 0.504. The molecule has 2 heteroatoms. The van der Waals surface area contributed by atoms with Crippen LogP contribution in [0.4, 0.5) is 5.69 Å². The molecule has 1 nitrogen and oxygen atoms in total. The van der Waals surface area contributed by atoms with Gasteiger partial charge in [0.25, 0.3) is 0 Å². The molecule has 1 heterocycles. The van der Waals surface area contributed by atoms with E-state index in [1.54, 1.807) is 0 Å².